The first-order valence-electron chi connectivity index (χ1n) is 3.95. The van der Waals surface area contributed by atoms with E-state index in [4.69, 9.17) is 23.2 Å². The van der Waals surface area contributed by atoms with Crippen LogP contribution in [0.25, 0.3) is 0 Å². The molecule has 0 radical (unpaired) electrons. The van der Waals surface area contributed by atoms with Crippen LogP contribution in [0, 0.1) is 0 Å². The topological polar surface area (TPSA) is 17.1 Å². The summed E-state index contributed by atoms with van der Waals surface area (Å²) in [7, 11) is -1.13. The molecule has 0 aliphatic rings. The van der Waals surface area contributed by atoms with Crippen molar-refractivity contribution in [3.05, 3.63) is 29.3 Å². The SMILES string of the molecule is CC[C@H](Cl)S(=O)c1ccc(Cl)cc1. The van der Waals surface area contributed by atoms with E-state index in [9.17, 15) is 4.21 Å². The van der Waals surface area contributed by atoms with E-state index in [0.717, 1.165) is 4.90 Å². The molecule has 0 fully saturated rings. The lowest BCUT2D eigenvalue weighted by Crippen LogP contribution is -2.05. The Morgan fingerprint density at radius 2 is 1.92 bits per heavy atom. The molecule has 1 aromatic rings. The van der Waals surface area contributed by atoms with Crippen LogP contribution in [0.3, 0.4) is 0 Å². The van der Waals surface area contributed by atoms with Crippen LogP contribution in [-0.4, -0.2) is 8.92 Å². The van der Waals surface area contributed by atoms with Gasteiger partial charge >= 0.3 is 0 Å². The van der Waals surface area contributed by atoms with Gasteiger partial charge in [-0.05, 0) is 30.7 Å². The highest BCUT2D eigenvalue weighted by Crippen LogP contribution is 2.18. The molecular formula is C9H10Cl2OS. The van der Waals surface area contributed by atoms with Gasteiger partial charge in [-0.25, -0.2) is 0 Å². The highest BCUT2D eigenvalue weighted by Gasteiger charge is 2.12. The first kappa shape index (κ1) is 11.0. The lowest BCUT2D eigenvalue weighted by Gasteiger charge is -2.06. The molecule has 0 spiro atoms. The van der Waals surface area contributed by atoms with Crippen LogP contribution in [0.1, 0.15) is 13.3 Å². The fraction of sp³-hybridized carbons (Fsp3) is 0.333. The van der Waals surface area contributed by atoms with Crippen LogP contribution in [0.4, 0.5) is 0 Å². The zero-order valence-corrected chi connectivity index (χ0v) is 9.49. The monoisotopic (exact) mass is 236 g/mol. The van der Waals surface area contributed by atoms with Gasteiger partial charge in [0.05, 0.1) is 10.8 Å². The van der Waals surface area contributed by atoms with E-state index < -0.39 is 10.8 Å². The average Bonchev–Trinajstić information content (AvgIpc) is 2.17. The van der Waals surface area contributed by atoms with E-state index in [0.29, 0.717) is 11.4 Å². The van der Waals surface area contributed by atoms with Crippen molar-refractivity contribution in [1.82, 2.24) is 0 Å². The van der Waals surface area contributed by atoms with Gasteiger partial charge < -0.3 is 0 Å². The van der Waals surface area contributed by atoms with Crippen molar-refractivity contribution in [2.45, 2.75) is 22.9 Å². The molecule has 1 unspecified atom stereocenters. The zero-order valence-electron chi connectivity index (χ0n) is 7.17. The summed E-state index contributed by atoms with van der Waals surface area (Å²) in [6.45, 7) is 1.91. The first-order valence-corrected chi connectivity index (χ1v) is 5.98. The summed E-state index contributed by atoms with van der Waals surface area (Å²) in [5, 5.41) is 0.642. The van der Waals surface area contributed by atoms with Crippen molar-refractivity contribution >= 4 is 34.0 Å². The van der Waals surface area contributed by atoms with Crippen molar-refractivity contribution in [3.63, 3.8) is 0 Å². The smallest absolute Gasteiger partial charge is 0.113 e. The molecular weight excluding hydrogens is 227 g/mol. The van der Waals surface area contributed by atoms with E-state index in [1.807, 2.05) is 6.92 Å². The van der Waals surface area contributed by atoms with Crippen LogP contribution in [-0.2, 0) is 10.8 Å². The summed E-state index contributed by atoms with van der Waals surface area (Å²) in [6.07, 6.45) is 0.691. The lowest BCUT2D eigenvalue weighted by molar-refractivity contribution is 0.679. The van der Waals surface area contributed by atoms with Gasteiger partial charge in [0.2, 0.25) is 0 Å². The Kier molecular flexibility index (Phi) is 4.23. The summed E-state index contributed by atoms with van der Waals surface area (Å²) in [4.78, 5) is 0.728. The van der Waals surface area contributed by atoms with Crippen LogP contribution >= 0.6 is 23.2 Å². The highest BCUT2D eigenvalue weighted by molar-refractivity contribution is 7.87. The number of benzene rings is 1. The number of hydrogen-bond acceptors (Lipinski definition) is 1. The summed E-state index contributed by atoms with van der Waals surface area (Å²) in [6, 6.07) is 6.91. The number of rotatable bonds is 3. The third kappa shape index (κ3) is 2.97. The van der Waals surface area contributed by atoms with Gasteiger partial charge in [-0.15, -0.1) is 11.6 Å². The van der Waals surface area contributed by atoms with E-state index >= 15 is 0 Å². The second kappa shape index (κ2) is 4.99. The molecule has 13 heavy (non-hydrogen) atoms. The molecule has 72 valence electrons. The number of alkyl halides is 1. The fourth-order valence-corrected chi connectivity index (χ4v) is 2.30. The maximum Gasteiger partial charge on any atom is 0.113 e. The van der Waals surface area contributed by atoms with Crippen LogP contribution in [0.2, 0.25) is 5.02 Å². The van der Waals surface area contributed by atoms with Gasteiger partial charge in [-0.3, -0.25) is 4.21 Å². The van der Waals surface area contributed by atoms with E-state index in [2.05, 4.69) is 0 Å². The predicted octanol–water partition coefficient (Wildman–Crippen LogP) is 3.42. The van der Waals surface area contributed by atoms with Gasteiger partial charge in [0.15, 0.2) is 0 Å². The van der Waals surface area contributed by atoms with E-state index in [1.165, 1.54) is 0 Å². The Morgan fingerprint density at radius 3 is 2.38 bits per heavy atom. The minimum absolute atomic E-state index is 0.318. The van der Waals surface area contributed by atoms with Crippen LogP contribution < -0.4 is 0 Å². The van der Waals surface area contributed by atoms with Crippen molar-refractivity contribution in [3.8, 4) is 0 Å². The van der Waals surface area contributed by atoms with Gasteiger partial charge in [0.1, 0.15) is 4.71 Å². The molecule has 1 rings (SSSR count). The molecule has 2 atom stereocenters. The van der Waals surface area contributed by atoms with Gasteiger partial charge in [-0.1, -0.05) is 18.5 Å². The van der Waals surface area contributed by atoms with E-state index in [-0.39, 0.29) is 4.71 Å². The third-order valence-corrected chi connectivity index (χ3v) is 4.18. The maximum absolute atomic E-state index is 11.6. The molecule has 0 amide bonds. The first-order chi connectivity index (χ1) is 6.15. The normalized spacial score (nSPS) is 15.3. The second-order valence-corrected chi connectivity index (χ2v) is 5.43. The molecule has 4 heteroatoms. The largest absolute Gasteiger partial charge is 0.253 e. The van der Waals surface area contributed by atoms with Crippen molar-refractivity contribution in [2.75, 3.05) is 0 Å². The Labute approximate surface area is 90.5 Å². The Balaban J connectivity index is 2.83. The molecule has 0 aromatic heterocycles. The quantitative estimate of drug-likeness (QED) is 0.736. The van der Waals surface area contributed by atoms with Gasteiger partial charge in [-0.2, -0.15) is 0 Å². The van der Waals surface area contributed by atoms with Gasteiger partial charge in [0, 0.05) is 9.92 Å². The standard InChI is InChI=1S/C9H10Cl2OS/c1-2-9(11)13(12)8-5-3-7(10)4-6-8/h3-6,9H,2H2,1H3/t9-,13?/m1/s1. The maximum atomic E-state index is 11.6. The zero-order chi connectivity index (χ0) is 9.84. The average molecular weight is 237 g/mol. The molecule has 0 bridgehead atoms. The molecule has 0 saturated carbocycles. The molecule has 0 saturated heterocycles. The predicted molar refractivity (Wildman–Crippen MR) is 57.8 cm³/mol. The Hall–Kier alpha value is -0.0500. The lowest BCUT2D eigenvalue weighted by atomic mass is 10.4. The molecule has 1 nitrogen and oxygen atoms in total. The highest BCUT2D eigenvalue weighted by atomic mass is 35.5. The van der Waals surface area contributed by atoms with Crippen molar-refractivity contribution in [1.29, 1.82) is 0 Å². The molecule has 0 aliphatic carbocycles. The second-order valence-electron chi connectivity index (χ2n) is 2.57. The Bertz CT molecular complexity index is 297. The minimum atomic E-state index is -1.13. The summed E-state index contributed by atoms with van der Waals surface area (Å²) < 4.78 is 11.3. The molecule has 0 aliphatic heterocycles. The summed E-state index contributed by atoms with van der Waals surface area (Å²) in [5.74, 6) is 0. The molecule has 0 N–H and O–H groups in total. The van der Waals surface area contributed by atoms with Crippen LogP contribution in [0.5, 0.6) is 0 Å². The van der Waals surface area contributed by atoms with Crippen molar-refractivity contribution < 1.29 is 4.21 Å². The van der Waals surface area contributed by atoms with Gasteiger partial charge in [0.25, 0.3) is 0 Å². The van der Waals surface area contributed by atoms with E-state index in [1.54, 1.807) is 24.3 Å². The molecule has 0 heterocycles. The number of halogens is 2. The fourth-order valence-electron chi connectivity index (χ4n) is 0.868. The summed E-state index contributed by atoms with van der Waals surface area (Å²) in [5.41, 5.74) is 0. The molecule has 1 aromatic carbocycles. The summed E-state index contributed by atoms with van der Waals surface area (Å²) >= 11 is 11.6. The minimum Gasteiger partial charge on any atom is -0.253 e. The van der Waals surface area contributed by atoms with Crippen molar-refractivity contribution in [2.24, 2.45) is 0 Å². The third-order valence-electron chi connectivity index (χ3n) is 1.60. The number of hydrogen-bond donors (Lipinski definition) is 0. The Morgan fingerprint density at radius 1 is 1.38 bits per heavy atom. The van der Waals surface area contributed by atoms with Crippen LogP contribution in [0.15, 0.2) is 29.2 Å².